The Bertz CT molecular complexity index is 472. The van der Waals surface area contributed by atoms with Crippen molar-refractivity contribution in [1.82, 2.24) is 10.2 Å². The summed E-state index contributed by atoms with van der Waals surface area (Å²) in [4.78, 5) is 14.2. The summed E-state index contributed by atoms with van der Waals surface area (Å²) in [7, 11) is 3.72. The molecule has 1 saturated carbocycles. The maximum Gasteiger partial charge on any atom is 0.234 e. The van der Waals surface area contributed by atoms with Crippen molar-refractivity contribution in [2.75, 3.05) is 20.7 Å². The number of nitrogens with zero attached hydrogens (tertiary/aromatic N) is 1. The molecule has 4 nitrogen and oxygen atoms in total. The van der Waals surface area contributed by atoms with Crippen LogP contribution in [0.4, 0.5) is 0 Å². The standard InChI is InChI=1S/C17H26N2O2/c1-13(16-7-8-16)19(2)11-17(20)18-10-14-5-4-6-15(9-14)12-21-3/h4-6,9,13,16H,7-8,10-12H2,1-3H3,(H,18,20). The van der Waals surface area contributed by atoms with Gasteiger partial charge in [0.2, 0.25) is 5.91 Å². The van der Waals surface area contributed by atoms with Crippen LogP contribution in [0.15, 0.2) is 24.3 Å². The molecule has 1 aliphatic carbocycles. The Labute approximate surface area is 127 Å². The Morgan fingerprint density at radius 3 is 2.81 bits per heavy atom. The van der Waals surface area contributed by atoms with Crippen LogP contribution in [0.3, 0.4) is 0 Å². The minimum absolute atomic E-state index is 0.0853. The molecule has 1 aromatic carbocycles. The summed E-state index contributed by atoms with van der Waals surface area (Å²) in [5, 5.41) is 2.99. The van der Waals surface area contributed by atoms with Gasteiger partial charge in [0.05, 0.1) is 13.2 Å². The van der Waals surface area contributed by atoms with Crippen LogP contribution in [0.2, 0.25) is 0 Å². The topological polar surface area (TPSA) is 41.6 Å². The zero-order valence-electron chi connectivity index (χ0n) is 13.3. The van der Waals surface area contributed by atoms with Gasteiger partial charge in [-0.2, -0.15) is 0 Å². The summed E-state index contributed by atoms with van der Waals surface area (Å²) < 4.78 is 5.12. The molecule has 0 radical (unpaired) electrons. The lowest BCUT2D eigenvalue weighted by molar-refractivity contribution is -0.122. The Morgan fingerprint density at radius 2 is 2.14 bits per heavy atom. The zero-order valence-corrected chi connectivity index (χ0v) is 13.3. The monoisotopic (exact) mass is 290 g/mol. The SMILES string of the molecule is COCc1cccc(CNC(=O)CN(C)C(C)C2CC2)c1. The number of benzene rings is 1. The van der Waals surface area contributed by atoms with Gasteiger partial charge in [0.25, 0.3) is 0 Å². The van der Waals surface area contributed by atoms with Crippen molar-refractivity contribution < 1.29 is 9.53 Å². The number of nitrogens with one attached hydrogen (secondary N) is 1. The number of hydrogen-bond acceptors (Lipinski definition) is 3. The summed E-state index contributed by atoms with van der Waals surface area (Å²) in [6, 6.07) is 8.62. The van der Waals surface area contributed by atoms with Gasteiger partial charge in [-0.1, -0.05) is 24.3 Å². The van der Waals surface area contributed by atoms with Gasteiger partial charge in [-0.05, 0) is 43.9 Å². The first-order valence-electron chi connectivity index (χ1n) is 7.64. The van der Waals surface area contributed by atoms with Crippen LogP contribution in [0.25, 0.3) is 0 Å². The first-order valence-corrected chi connectivity index (χ1v) is 7.64. The molecule has 0 bridgehead atoms. The van der Waals surface area contributed by atoms with Crippen LogP contribution in [0.1, 0.15) is 30.9 Å². The molecule has 0 aliphatic heterocycles. The predicted molar refractivity (Wildman–Crippen MR) is 83.8 cm³/mol. The van der Waals surface area contributed by atoms with Crippen molar-refractivity contribution in [3.8, 4) is 0 Å². The van der Waals surface area contributed by atoms with E-state index in [-0.39, 0.29) is 5.91 Å². The second kappa shape index (κ2) is 7.57. The van der Waals surface area contributed by atoms with Crippen molar-refractivity contribution >= 4 is 5.91 Å². The fourth-order valence-corrected chi connectivity index (χ4v) is 2.56. The van der Waals surface area contributed by atoms with Crippen LogP contribution >= 0.6 is 0 Å². The van der Waals surface area contributed by atoms with Gasteiger partial charge in [0.15, 0.2) is 0 Å². The number of methoxy groups -OCH3 is 1. The van der Waals surface area contributed by atoms with Crippen LogP contribution < -0.4 is 5.32 Å². The van der Waals surface area contributed by atoms with Gasteiger partial charge < -0.3 is 10.1 Å². The number of carbonyl (C=O) groups excluding carboxylic acids is 1. The Balaban J connectivity index is 1.76. The number of ether oxygens (including phenoxy) is 1. The predicted octanol–water partition coefficient (Wildman–Crippen LogP) is 2.18. The van der Waals surface area contributed by atoms with Gasteiger partial charge in [0, 0.05) is 19.7 Å². The van der Waals surface area contributed by atoms with Crippen LogP contribution in [0.5, 0.6) is 0 Å². The maximum atomic E-state index is 12.0. The molecule has 1 atom stereocenters. The quantitative estimate of drug-likeness (QED) is 0.798. The molecule has 2 rings (SSSR count). The highest BCUT2D eigenvalue weighted by Crippen LogP contribution is 2.34. The van der Waals surface area contributed by atoms with Crippen LogP contribution in [0, 0.1) is 5.92 Å². The molecule has 1 unspecified atom stereocenters. The third-order valence-electron chi connectivity index (χ3n) is 4.18. The summed E-state index contributed by atoms with van der Waals surface area (Å²) >= 11 is 0. The van der Waals surface area contributed by atoms with E-state index in [0.29, 0.717) is 25.7 Å². The van der Waals surface area contributed by atoms with Crippen molar-refractivity contribution in [3.63, 3.8) is 0 Å². The third-order valence-corrected chi connectivity index (χ3v) is 4.18. The number of hydrogen-bond donors (Lipinski definition) is 1. The minimum atomic E-state index is 0.0853. The normalized spacial score (nSPS) is 16.0. The van der Waals surface area contributed by atoms with Crippen LogP contribution in [-0.4, -0.2) is 37.6 Å². The van der Waals surface area contributed by atoms with Gasteiger partial charge in [-0.25, -0.2) is 0 Å². The highest BCUT2D eigenvalue weighted by Gasteiger charge is 2.30. The van der Waals surface area contributed by atoms with Crippen molar-refractivity contribution in [2.45, 2.75) is 39.0 Å². The minimum Gasteiger partial charge on any atom is -0.380 e. The molecular formula is C17H26N2O2. The molecule has 0 heterocycles. The molecular weight excluding hydrogens is 264 g/mol. The first kappa shape index (κ1) is 16.0. The average Bonchev–Trinajstić information content (AvgIpc) is 3.30. The molecule has 1 fully saturated rings. The van der Waals surface area contributed by atoms with E-state index in [9.17, 15) is 4.79 Å². The summed E-state index contributed by atoms with van der Waals surface area (Å²) in [6.07, 6.45) is 2.61. The average molecular weight is 290 g/mol. The fourth-order valence-electron chi connectivity index (χ4n) is 2.56. The fraction of sp³-hybridized carbons (Fsp3) is 0.588. The van der Waals surface area contributed by atoms with E-state index in [1.807, 2.05) is 25.2 Å². The largest absolute Gasteiger partial charge is 0.380 e. The Morgan fingerprint density at radius 1 is 1.43 bits per heavy atom. The van der Waals surface area contributed by atoms with E-state index in [0.717, 1.165) is 17.0 Å². The van der Waals surface area contributed by atoms with E-state index in [1.165, 1.54) is 12.8 Å². The zero-order chi connectivity index (χ0) is 15.2. The lowest BCUT2D eigenvalue weighted by Crippen LogP contribution is -2.40. The molecule has 0 saturated heterocycles. The number of amides is 1. The number of likely N-dealkylation sites (N-methyl/N-ethyl adjacent to an activating group) is 1. The second-order valence-corrected chi connectivity index (χ2v) is 6.02. The third kappa shape index (κ3) is 5.14. The van der Waals surface area contributed by atoms with Gasteiger partial charge in [-0.3, -0.25) is 9.69 Å². The smallest absolute Gasteiger partial charge is 0.234 e. The first-order chi connectivity index (χ1) is 10.1. The highest BCUT2D eigenvalue weighted by atomic mass is 16.5. The summed E-state index contributed by atoms with van der Waals surface area (Å²) in [5.41, 5.74) is 2.24. The van der Waals surface area contributed by atoms with E-state index >= 15 is 0 Å². The lowest BCUT2D eigenvalue weighted by atomic mass is 10.1. The van der Waals surface area contributed by atoms with E-state index in [4.69, 9.17) is 4.74 Å². The van der Waals surface area contributed by atoms with E-state index in [2.05, 4.69) is 23.2 Å². The molecule has 1 N–H and O–H groups in total. The molecule has 116 valence electrons. The number of rotatable bonds is 8. The molecule has 1 aliphatic rings. The summed E-state index contributed by atoms with van der Waals surface area (Å²) in [5.74, 6) is 0.871. The molecule has 0 spiro atoms. The van der Waals surface area contributed by atoms with Crippen LogP contribution in [-0.2, 0) is 22.7 Å². The molecule has 1 amide bonds. The second-order valence-electron chi connectivity index (χ2n) is 6.02. The highest BCUT2D eigenvalue weighted by molar-refractivity contribution is 5.78. The summed E-state index contributed by atoms with van der Waals surface area (Å²) in [6.45, 7) is 3.85. The number of carbonyl (C=O) groups is 1. The van der Waals surface area contributed by atoms with Crippen molar-refractivity contribution in [2.24, 2.45) is 5.92 Å². The molecule has 0 aromatic heterocycles. The Kier molecular flexibility index (Phi) is 5.76. The van der Waals surface area contributed by atoms with Crippen molar-refractivity contribution in [1.29, 1.82) is 0 Å². The molecule has 4 heteroatoms. The van der Waals surface area contributed by atoms with Gasteiger partial charge >= 0.3 is 0 Å². The molecule has 21 heavy (non-hydrogen) atoms. The molecule has 1 aromatic rings. The van der Waals surface area contributed by atoms with Crippen molar-refractivity contribution in [3.05, 3.63) is 35.4 Å². The maximum absolute atomic E-state index is 12.0. The van der Waals surface area contributed by atoms with E-state index in [1.54, 1.807) is 7.11 Å². The van der Waals surface area contributed by atoms with Gasteiger partial charge in [-0.15, -0.1) is 0 Å². The lowest BCUT2D eigenvalue weighted by Gasteiger charge is -2.23. The Hall–Kier alpha value is -1.39. The van der Waals surface area contributed by atoms with Gasteiger partial charge in [0.1, 0.15) is 0 Å². The van der Waals surface area contributed by atoms with E-state index < -0.39 is 0 Å².